The number of carbonyl (C=O) groups is 4. The van der Waals surface area contributed by atoms with Crippen molar-refractivity contribution in [3.05, 3.63) is 166 Å². The van der Waals surface area contributed by atoms with Crippen molar-refractivity contribution in [1.82, 2.24) is 19.8 Å². The molecule has 2 heterocycles. The lowest BCUT2D eigenvalue weighted by Crippen LogP contribution is -2.38. The fraction of sp³-hybridized carbons (Fsp3) is 0.375. The third kappa shape index (κ3) is 16.2. The Labute approximate surface area is 553 Å². The highest BCUT2D eigenvalue weighted by atomic mass is 16.2. The van der Waals surface area contributed by atoms with E-state index in [0.29, 0.717) is 5.56 Å². The first-order chi connectivity index (χ1) is 45.7. The lowest BCUT2D eigenvalue weighted by molar-refractivity contribution is 0.235. The molecule has 0 radical (unpaired) electrons. The molecule has 0 unspecified atom stereocenters. The molecule has 14 nitrogen and oxygen atoms in total. The van der Waals surface area contributed by atoms with Crippen LogP contribution in [0, 0.1) is 22.7 Å². The molecule has 488 valence electrons. The number of nitriles is 2. The summed E-state index contributed by atoms with van der Waals surface area (Å²) >= 11 is 0. The molecule has 0 aliphatic heterocycles. The molecule has 0 aliphatic rings. The molecule has 0 saturated carbocycles. The van der Waals surface area contributed by atoms with Gasteiger partial charge in [0.25, 0.3) is 0 Å². The van der Waals surface area contributed by atoms with Crippen molar-refractivity contribution in [2.24, 2.45) is 22.9 Å². The van der Waals surface area contributed by atoms with Crippen LogP contribution >= 0.6 is 0 Å². The molecule has 0 aliphatic carbocycles. The molecular weight excluding hydrogens is 1160 g/mol. The highest BCUT2D eigenvalue weighted by Crippen LogP contribution is 2.46. The van der Waals surface area contributed by atoms with Crippen LogP contribution in [0.2, 0.25) is 0 Å². The fourth-order valence-electron chi connectivity index (χ4n) is 14.4. The minimum absolute atomic E-state index is 0.685. The summed E-state index contributed by atoms with van der Waals surface area (Å²) in [6.45, 7) is 10.9. The van der Waals surface area contributed by atoms with E-state index in [1.807, 2.05) is 6.07 Å². The SMILES string of the molecule is CCCCCCc1ccc2c(c1)c1cc(CCCCCC)ccc1n2CCCc1c(CCCn2c3ccc(CCCCCC)cc3c3cc(CCCCCC)ccc32)c2cccc3c4c(C#N)ccc5cccc(c(c1C#N)c23)c54.NC(=O)NC(N)=O.NC(=O)NC(N)=O. The minimum Gasteiger partial charge on any atom is -0.351 e. The van der Waals surface area contributed by atoms with Gasteiger partial charge in [0.05, 0.1) is 17.2 Å². The maximum atomic E-state index is 11.7. The van der Waals surface area contributed by atoms with E-state index in [1.54, 1.807) is 10.6 Å². The molecule has 0 saturated heterocycles. The van der Waals surface area contributed by atoms with Gasteiger partial charge in [-0.25, -0.2) is 19.2 Å². The van der Waals surface area contributed by atoms with E-state index in [1.165, 1.54) is 185 Å². The average Bonchev–Trinajstić information content (AvgIpc) is 0.999. The first kappa shape index (κ1) is 68.7. The number of aromatic nitrogens is 2. The number of unbranched alkanes of at least 4 members (excludes halogenated alkanes) is 12. The van der Waals surface area contributed by atoms with Crippen LogP contribution in [0.25, 0.3) is 86.7 Å². The van der Waals surface area contributed by atoms with Crippen molar-refractivity contribution in [3.8, 4) is 12.1 Å². The van der Waals surface area contributed by atoms with E-state index in [2.05, 4.69) is 187 Å². The summed E-state index contributed by atoms with van der Waals surface area (Å²) < 4.78 is 5.20. The molecule has 0 bridgehead atoms. The van der Waals surface area contributed by atoms with Crippen LogP contribution in [0.5, 0.6) is 0 Å². The standard InChI is InChI=1S/C76H84N4.2C2H5N3O2/c1-5-9-13-17-25-53-35-41-69-64(47-53)65-48-54(26-18-14-10-6-2)36-42-70(65)79(69)45-23-33-59-60(68(52-78)76-62-31-21-29-57-39-40-58(51-77)74(73(57)62)63-32-22-30-61(59)75(63)76)34-24-46-80-71-43-37-55(27-19-15-11-7-3)49-66(71)67-50-56(38-44-72(67)80)28-20-16-12-8-4;2*3-1(6)5-2(4)7/h21-22,29-32,35-44,47-50H,5-20,23-28,33-34,45-46H2,1-4H3;2*(H5,3,4,5,6,7). The second-order valence-corrected chi connectivity index (χ2v) is 25.4. The predicted molar refractivity (Wildman–Crippen MR) is 389 cm³/mol. The van der Waals surface area contributed by atoms with Crippen LogP contribution in [0.1, 0.15) is 188 Å². The second kappa shape index (κ2) is 33.3. The van der Waals surface area contributed by atoms with E-state index in [4.69, 9.17) is 0 Å². The van der Waals surface area contributed by atoms with E-state index in [-0.39, 0.29) is 0 Å². The fourth-order valence-corrected chi connectivity index (χ4v) is 14.4. The van der Waals surface area contributed by atoms with Gasteiger partial charge < -0.3 is 32.1 Å². The largest absolute Gasteiger partial charge is 0.351 e. The molecule has 10 N–H and O–H groups in total. The highest BCUT2D eigenvalue weighted by molar-refractivity contribution is 6.35. The molecule has 9 aromatic carbocycles. The van der Waals surface area contributed by atoms with Gasteiger partial charge in [-0.1, -0.05) is 171 Å². The summed E-state index contributed by atoms with van der Waals surface area (Å²) in [4.78, 5) is 38.5. The summed E-state index contributed by atoms with van der Waals surface area (Å²) in [6, 6.07) is 48.3. The van der Waals surface area contributed by atoms with Gasteiger partial charge in [-0.05, 0) is 197 Å². The van der Waals surface area contributed by atoms with Crippen LogP contribution < -0.4 is 33.6 Å². The van der Waals surface area contributed by atoms with Crippen LogP contribution in [0.3, 0.4) is 0 Å². The minimum atomic E-state index is -0.938. The van der Waals surface area contributed by atoms with Crippen molar-refractivity contribution in [2.75, 3.05) is 0 Å². The molecule has 0 spiro atoms. The number of benzene rings is 9. The molecule has 8 amide bonds. The summed E-state index contributed by atoms with van der Waals surface area (Å²) in [5.41, 5.74) is 32.8. The third-order valence-corrected chi connectivity index (χ3v) is 18.7. The topological polar surface area (TPSA) is 254 Å². The maximum absolute atomic E-state index is 11.7. The Morgan fingerprint density at radius 3 is 1.10 bits per heavy atom. The van der Waals surface area contributed by atoms with Gasteiger partial charge in [-0.3, -0.25) is 10.6 Å². The zero-order valence-corrected chi connectivity index (χ0v) is 55.7. The van der Waals surface area contributed by atoms with Crippen LogP contribution in [0.15, 0.2) is 121 Å². The normalized spacial score (nSPS) is 11.3. The zero-order valence-electron chi connectivity index (χ0n) is 55.7. The van der Waals surface area contributed by atoms with Crippen LogP contribution in [0.4, 0.5) is 19.2 Å². The summed E-state index contributed by atoms with van der Waals surface area (Å²) in [5, 5.41) is 39.8. The van der Waals surface area contributed by atoms with Gasteiger partial charge >= 0.3 is 24.1 Å². The number of hydrogen-bond donors (Lipinski definition) is 6. The monoisotopic (exact) mass is 1260 g/mol. The van der Waals surface area contributed by atoms with Crippen molar-refractivity contribution >= 4 is 111 Å². The van der Waals surface area contributed by atoms with Crippen molar-refractivity contribution in [1.29, 1.82) is 10.5 Å². The number of aryl methyl sites for hydroxylation is 7. The summed E-state index contributed by atoms with van der Waals surface area (Å²) in [6.07, 6.45) is 28.2. The van der Waals surface area contributed by atoms with Gasteiger partial charge in [-0.15, -0.1) is 0 Å². The smallest absolute Gasteiger partial charge is 0.320 e. The number of nitrogens with two attached hydrogens (primary N) is 4. The van der Waals surface area contributed by atoms with E-state index in [0.717, 1.165) is 108 Å². The first-order valence-electron chi connectivity index (χ1n) is 34.5. The van der Waals surface area contributed by atoms with Gasteiger partial charge in [-0.2, -0.15) is 10.5 Å². The third-order valence-electron chi connectivity index (χ3n) is 18.7. The Kier molecular flexibility index (Phi) is 24.3. The van der Waals surface area contributed by atoms with Gasteiger partial charge in [0.15, 0.2) is 0 Å². The number of urea groups is 4. The van der Waals surface area contributed by atoms with Crippen LogP contribution in [-0.4, -0.2) is 33.3 Å². The first-order valence-corrected chi connectivity index (χ1v) is 34.5. The van der Waals surface area contributed by atoms with Gasteiger partial charge in [0.1, 0.15) is 6.07 Å². The number of nitrogens with zero attached hydrogens (tertiary/aromatic N) is 4. The average molecular weight is 1260 g/mol. The quantitative estimate of drug-likeness (QED) is 0.0158. The number of hydrogen-bond acceptors (Lipinski definition) is 6. The molecule has 11 rings (SSSR count). The lowest BCUT2D eigenvalue weighted by atomic mass is 9.81. The molecule has 11 aromatic rings. The van der Waals surface area contributed by atoms with E-state index in [9.17, 15) is 29.7 Å². The molecule has 94 heavy (non-hydrogen) atoms. The Morgan fingerprint density at radius 1 is 0.362 bits per heavy atom. The Bertz CT molecular complexity index is 4390. The predicted octanol–water partition coefficient (Wildman–Crippen LogP) is 18.9. The van der Waals surface area contributed by atoms with E-state index >= 15 is 0 Å². The zero-order chi connectivity index (χ0) is 66.7. The van der Waals surface area contributed by atoms with Gasteiger partial charge in [0, 0.05) is 67.5 Å². The molecule has 14 heteroatoms. The molecule has 2 aromatic heterocycles. The number of rotatable bonds is 28. The Hall–Kier alpha value is -9.66. The number of nitrogens with one attached hydrogen (secondary N) is 2. The Balaban J connectivity index is 0.000000670. The van der Waals surface area contributed by atoms with E-state index < -0.39 is 24.1 Å². The number of amides is 8. The molecular formula is C80H94N10O4. The van der Waals surface area contributed by atoms with Crippen molar-refractivity contribution < 1.29 is 19.2 Å². The number of carbonyl (C=O) groups excluding carboxylic acids is 4. The number of fused-ring (bicyclic) bond motifs is 8. The highest BCUT2D eigenvalue weighted by Gasteiger charge is 2.25. The van der Waals surface area contributed by atoms with Crippen LogP contribution in [-0.2, 0) is 51.6 Å². The molecule has 0 atom stereocenters. The second-order valence-electron chi connectivity index (χ2n) is 25.4. The number of imide groups is 2. The van der Waals surface area contributed by atoms with Crippen molar-refractivity contribution in [2.45, 2.75) is 195 Å². The summed E-state index contributed by atoms with van der Waals surface area (Å²) in [7, 11) is 0. The maximum Gasteiger partial charge on any atom is 0.320 e. The lowest BCUT2D eigenvalue weighted by Gasteiger charge is -2.22. The van der Waals surface area contributed by atoms with Crippen molar-refractivity contribution in [3.63, 3.8) is 0 Å². The Morgan fingerprint density at radius 2 is 0.734 bits per heavy atom. The number of primary amides is 4. The summed E-state index contributed by atoms with van der Waals surface area (Å²) in [5.74, 6) is 0. The molecule has 0 fully saturated rings. The van der Waals surface area contributed by atoms with Gasteiger partial charge in [0.2, 0.25) is 0 Å².